The zero-order valence-corrected chi connectivity index (χ0v) is 8.12. The summed E-state index contributed by atoms with van der Waals surface area (Å²) < 4.78 is 20.7. The van der Waals surface area contributed by atoms with E-state index in [1.807, 2.05) is 12.1 Å². The highest BCUT2D eigenvalue weighted by atomic mass is 32.2. The van der Waals surface area contributed by atoms with E-state index in [9.17, 15) is 4.21 Å². The Hall–Kier alpha value is -0.910. The van der Waals surface area contributed by atoms with Gasteiger partial charge < -0.3 is 5.73 Å². The Labute approximate surface area is 79.8 Å². The number of nitrogens with zero attached hydrogens (tertiary/aromatic N) is 1. The first-order chi connectivity index (χ1) is 6.15. The maximum Gasteiger partial charge on any atom is 0.261 e. The van der Waals surface area contributed by atoms with E-state index in [1.165, 1.54) is 4.31 Å². The van der Waals surface area contributed by atoms with Crippen LogP contribution in [0.2, 0.25) is 0 Å². The Kier molecular flexibility index (Phi) is 3.41. The molecule has 0 aromatic heterocycles. The number of benzene rings is 1. The molecule has 0 radical (unpaired) electrons. The summed E-state index contributed by atoms with van der Waals surface area (Å²) in [6.45, 7) is 0.478. The molecule has 0 heterocycles. The van der Waals surface area contributed by atoms with E-state index in [2.05, 4.69) is 0 Å². The van der Waals surface area contributed by atoms with Gasteiger partial charge in [0.1, 0.15) is 0 Å². The third-order valence-electron chi connectivity index (χ3n) is 1.77. The van der Waals surface area contributed by atoms with Crippen molar-refractivity contribution in [2.24, 2.45) is 5.73 Å². The van der Waals surface area contributed by atoms with Gasteiger partial charge in [0.15, 0.2) is 0 Å². The Balaban J connectivity index is 2.85. The van der Waals surface area contributed by atoms with Crippen LogP contribution in [-0.4, -0.2) is 15.8 Å². The second-order valence-corrected chi connectivity index (χ2v) is 3.61. The minimum atomic E-state index is -1.97. The molecule has 1 aromatic rings. The zero-order chi connectivity index (χ0) is 9.84. The fourth-order valence-corrected chi connectivity index (χ4v) is 1.23. The van der Waals surface area contributed by atoms with E-state index in [0.29, 0.717) is 12.2 Å². The number of rotatable bonds is 3. The minimum absolute atomic E-state index is 0.478. The smallest absolute Gasteiger partial charge is 0.261 e. The van der Waals surface area contributed by atoms with Crippen molar-refractivity contribution in [2.75, 3.05) is 11.4 Å². The van der Waals surface area contributed by atoms with Crippen LogP contribution in [-0.2, 0) is 17.8 Å². The molecular weight excluding hydrogens is 188 g/mol. The Morgan fingerprint density at radius 3 is 2.38 bits per heavy atom. The van der Waals surface area contributed by atoms with Gasteiger partial charge in [-0.1, -0.05) is 12.1 Å². The van der Waals surface area contributed by atoms with Crippen LogP contribution in [0.5, 0.6) is 0 Å². The van der Waals surface area contributed by atoms with Gasteiger partial charge in [0.2, 0.25) is 0 Å². The molecule has 13 heavy (non-hydrogen) atoms. The first kappa shape index (κ1) is 10.2. The lowest BCUT2D eigenvalue weighted by Crippen LogP contribution is -2.18. The van der Waals surface area contributed by atoms with Gasteiger partial charge in [0.25, 0.3) is 11.3 Å². The Bertz CT molecular complexity index is 300. The third kappa shape index (κ3) is 2.51. The number of anilines is 1. The van der Waals surface area contributed by atoms with Gasteiger partial charge in [0, 0.05) is 13.6 Å². The SMILES string of the molecule is CN(c1ccc(CN)cc1)S(=O)O. The van der Waals surface area contributed by atoms with Crippen molar-refractivity contribution in [3.05, 3.63) is 29.8 Å². The van der Waals surface area contributed by atoms with E-state index in [0.717, 1.165) is 5.56 Å². The van der Waals surface area contributed by atoms with Gasteiger partial charge in [-0.15, -0.1) is 0 Å². The number of nitrogens with two attached hydrogens (primary N) is 1. The number of hydrogen-bond acceptors (Lipinski definition) is 2. The Morgan fingerprint density at radius 1 is 1.46 bits per heavy atom. The largest absolute Gasteiger partial charge is 0.326 e. The summed E-state index contributed by atoms with van der Waals surface area (Å²) >= 11 is -1.97. The van der Waals surface area contributed by atoms with E-state index in [1.54, 1.807) is 19.2 Å². The van der Waals surface area contributed by atoms with E-state index >= 15 is 0 Å². The Morgan fingerprint density at radius 2 is 2.00 bits per heavy atom. The second kappa shape index (κ2) is 4.36. The lowest BCUT2D eigenvalue weighted by molar-refractivity contribution is 0.562. The molecule has 5 heteroatoms. The predicted octanol–water partition coefficient (Wildman–Crippen LogP) is 0.718. The molecule has 1 unspecified atom stereocenters. The van der Waals surface area contributed by atoms with Crippen LogP contribution in [0.4, 0.5) is 5.69 Å². The van der Waals surface area contributed by atoms with Crippen molar-refractivity contribution in [1.82, 2.24) is 0 Å². The van der Waals surface area contributed by atoms with Gasteiger partial charge in [-0.25, -0.2) is 4.21 Å². The van der Waals surface area contributed by atoms with Crippen LogP contribution in [0.15, 0.2) is 24.3 Å². The van der Waals surface area contributed by atoms with E-state index < -0.39 is 11.3 Å². The summed E-state index contributed by atoms with van der Waals surface area (Å²) in [5, 5.41) is 0. The number of hydrogen-bond donors (Lipinski definition) is 2. The maximum absolute atomic E-state index is 10.7. The van der Waals surface area contributed by atoms with Crippen molar-refractivity contribution in [1.29, 1.82) is 0 Å². The highest BCUT2D eigenvalue weighted by molar-refractivity contribution is 7.80. The maximum atomic E-state index is 10.7. The lowest BCUT2D eigenvalue weighted by atomic mass is 10.2. The molecule has 1 aromatic carbocycles. The molecule has 0 aliphatic carbocycles. The van der Waals surface area contributed by atoms with E-state index in [-0.39, 0.29) is 0 Å². The predicted molar refractivity (Wildman–Crippen MR) is 53.5 cm³/mol. The molecule has 0 aliphatic rings. The topological polar surface area (TPSA) is 66.6 Å². The van der Waals surface area contributed by atoms with Gasteiger partial charge in [-0.3, -0.25) is 8.86 Å². The molecule has 0 amide bonds. The average molecular weight is 200 g/mol. The molecule has 3 N–H and O–H groups in total. The van der Waals surface area contributed by atoms with Crippen LogP contribution in [0.3, 0.4) is 0 Å². The zero-order valence-electron chi connectivity index (χ0n) is 7.30. The minimum Gasteiger partial charge on any atom is -0.326 e. The van der Waals surface area contributed by atoms with Crippen molar-refractivity contribution in [2.45, 2.75) is 6.54 Å². The first-order valence-electron chi connectivity index (χ1n) is 3.79. The highest BCUT2D eigenvalue weighted by Gasteiger charge is 2.04. The molecule has 0 aliphatic heterocycles. The van der Waals surface area contributed by atoms with Gasteiger partial charge >= 0.3 is 0 Å². The summed E-state index contributed by atoms with van der Waals surface area (Å²) in [6, 6.07) is 7.18. The van der Waals surface area contributed by atoms with Gasteiger partial charge in [0.05, 0.1) is 5.69 Å². The monoisotopic (exact) mass is 200 g/mol. The van der Waals surface area contributed by atoms with Crippen molar-refractivity contribution in [3.63, 3.8) is 0 Å². The van der Waals surface area contributed by atoms with Crippen LogP contribution in [0.25, 0.3) is 0 Å². The van der Waals surface area contributed by atoms with Crippen LogP contribution < -0.4 is 10.0 Å². The molecule has 1 atom stereocenters. The fraction of sp³-hybridized carbons (Fsp3) is 0.250. The second-order valence-electron chi connectivity index (χ2n) is 2.60. The molecular formula is C8H12N2O2S. The first-order valence-corrected chi connectivity index (χ1v) is 4.85. The molecule has 0 bridgehead atoms. The normalized spacial score (nSPS) is 12.5. The van der Waals surface area contributed by atoms with Crippen molar-refractivity contribution >= 4 is 17.0 Å². The molecule has 0 saturated heterocycles. The highest BCUT2D eigenvalue weighted by Crippen LogP contribution is 2.14. The summed E-state index contributed by atoms with van der Waals surface area (Å²) in [5.74, 6) is 0. The van der Waals surface area contributed by atoms with Gasteiger partial charge in [-0.05, 0) is 17.7 Å². The molecule has 0 spiro atoms. The lowest BCUT2D eigenvalue weighted by Gasteiger charge is -2.13. The molecule has 0 saturated carbocycles. The summed E-state index contributed by atoms with van der Waals surface area (Å²) in [5.41, 5.74) is 7.11. The average Bonchev–Trinajstić information content (AvgIpc) is 2.17. The van der Waals surface area contributed by atoms with Gasteiger partial charge in [-0.2, -0.15) is 0 Å². The van der Waals surface area contributed by atoms with Crippen molar-refractivity contribution < 1.29 is 8.76 Å². The molecule has 72 valence electrons. The summed E-state index contributed by atoms with van der Waals surface area (Å²) in [6.07, 6.45) is 0. The fourth-order valence-electron chi connectivity index (χ4n) is 0.932. The standard InChI is InChI=1S/C8H12N2O2S/c1-10(13(11)12)8-4-2-7(6-9)3-5-8/h2-5H,6,9H2,1H3,(H,11,12). The van der Waals surface area contributed by atoms with E-state index in [4.69, 9.17) is 10.3 Å². The quantitative estimate of drug-likeness (QED) is 0.706. The van der Waals surface area contributed by atoms with Crippen LogP contribution in [0.1, 0.15) is 5.56 Å². The summed E-state index contributed by atoms with van der Waals surface area (Å²) in [4.78, 5) is 0. The summed E-state index contributed by atoms with van der Waals surface area (Å²) in [7, 11) is 1.55. The third-order valence-corrected chi connectivity index (χ3v) is 2.45. The van der Waals surface area contributed by atoms with Crippen LogP contribution >= 0.6 is 0 Å². The molecule has 4 nitrogen and oxygen atoms in total. The van der Waals surface area contributed by atoms with Crippen LogP contribution in [0, 0.1) is 0 Å². The molecule has 0 fully saturated rings. The molecule has 1 rings (SSSR count). The van der Waals surface area contributed by atoms with Crippen molar-refractivity contribution in [3.8, 4) is 0 Å².